The molecule has 1 heterocycles. The van der Waals surface area contributed by atoms with E-state index in [4.69, 9.17) is 11.1 Å². The van der Waals surface area contributed by atoms with Gasteiger partial charge in [-0.2, -0.15) is 17.0 Å². The van der Waals surface area contributed by atoms with Crippen molar-refractivity contribution < 1.29 is 8.42 Å². The highest BCUT2D eigenvalue weighted by Gasteiger charge is 2.29. The Hall–Kier alpha value is -0.660. The normalized spacial score (nSPS) is 19.2. The van der Waals surface area contributed by atoms with Gasteiger partial charge in [-0.25, -0.2) is 0 Å². The lowest BCUT2D eigenvalue weighted by molar-refractivity contribution is 0.363. The molecule has 17 heavy (non-hydrogen) atoms. The molecule has 0 atom stereocenters. The summed E-state index contributed by atoms with van der Waals surface area (Å²) >= 11 is 0. The van der Waals surface area contributed by atoms with Crippen LogP contribution < -0.4 is 5.73 Å². The molecular weight excluding hydrogens is 240 g/mol. The van der Waals surface area contributed by atoms with Crippen molar-refractivity contribution >= 4 is 16.0 Å². The van der Waals surface area contributed by atoms with Gasteiger partial charge in [0.2, 0.25) is 0 Å². The number of nitrogens with zero attached hydrogens (tertiary/aromatic N) is 2. The predicted molar refractivity (Wildman–Crippen MR) is 68.1 cm³/mol. The van der Waals surface area contributed by atoms with Gasteiger partial charge in [0.15, 0.2) is 0 Å². The van der Waals surface area contributed by atoms with Crippen molar-refractivity contribution in [2.75, 3.05) is 26.2 Å². The zero-order chi connectivity index (χ0) is 12.9. The molecule has 1 fully saturated rings. The molecule has 0 unspecified atom stereocenters. The molecule has 0 radical (unpaired) electrons. The van der Waals surface area contributed by atoms with Crippen LogP contribution >= 0.6 is 0 Å². The molecule has 0 aromatic carbocycles. The number of rotatable bonds is 5. The molecule has 3 N–H and O–H groups in total. The quantitative estimate of drug-likeness (QED) is 0.554. The van der Waals surface area contributed by atoms with Crippen LogP contribution in [0.5, 0.6) is 0 Å². The molecular formula is C10H22N4O2S. The van der Waals surface area contributed by atoms with Gasteiger partial charge in [-0.05, 0) is 12.8 Å². The molecule has 7 heteroatoms. The van der Waals surface area contributed by atoms with Gasteiger partial charge in [0.05, 0.1) is 6.54 Å². The monoisotopic (exact) mass is 262 g/mol. The molecule has 1 aliphatic heterocycles. The zero-order valence-corrected chi connectivity index (χ0v) is 11.2. The molecule has 1 rings (SSSR count). The third-order valence-corrected chi connectivity index (χ3v) is 4.97. The maximum atomic E-state index is 12.3. The van der Waals surface area contributed by atoms with E-state index in [-0.39, 0.29) is 12.4 Å². The lowest BCUT2D eigenvalue weighted by Gasteiger charge is -2.27. The van der Waals surface area contributed by atoms with Crippen molar-refractivity contribution in [3.05, 3.63) is 0 Å². The van der Waals surface area contributed by atoms with Crippen LogP contribution in [0.3, 0.4) is 0 Å². The summed E-state index contributed by atoms with van der Waals surface area (Å²) in [6, 6.07) is 0. The predicted octanol–water partition coefficient (Wildman–Crippen LogP) is 0.365. The summed E-state index contributed by atoms with van der Waals surface area (Å²) in [5.41, 5.74) is 5.28. The van der Waals surface area contributed by atoms with Crippen LogP contribution in [-0.4, -0.2) is 49.0 Å². The Bertz CT molecular complexity index is 347. The first-order chi connectivity index (χ1) is 7.98. The summed E-state index contributed by atoms with van der Waals surface area (Å²) in [4.78, 5) is 0. The van der Waals surface area contributed by atoms with Crippen molar-refractivity contribution in [1.82, 2.24) is 8.61 Å². The first kappa shape index (κ1) is 14.4. The highest BCUT2D eigenvalue weighted by molar-refractivity contribution is 7.86. The van der Waals surface area contributed by atoms with E-state index < -0.39 is 10.2 Å². The second kappa shape index (κ2) is 6.32. The Balaban J connectivity index is 2.78. The fourth-order valence-electron chi connectivity index (χ4n) is 1.98. The van der Waals surface area contributed by atoms with E-state index in [0.717, 1.165) is 25.7 Å². The second-order valence-electron chi connectivity index (χ2n) is 4.27. The standard InChI is InChI=1S/C10H22N4O2S/c1-2-13(9-10(11)12)17(15,16)14-7-5-3-4-6-8-14/h2-9H2,1H3,(H3,11,12). The summed E-state index contributed by atoms with van der Waals surface area (Å²) in [6.07, 6.45) is 4.00. The fraction of sp³-hybridized carbons (Fsp3) is 0.900. The Morgan fingerprint density at radius 3 is 2.24 bits per heavy atom. The highest BCUT2D eigenvalue weighted by atomic mass is 32.2. The van der Waals surface area contributed by atoms with Gasteiger partial charge < -0.3 is 5.73 Å². The van der Waals surface area contributed by atoms with Crippen LogP contribution in [0.1, 0.15) is 32.6 Å². The molecule has 0 amide bonds. The van der Waals surface area contributed by atoms with Crippen LogP contribution in [0.2, 0.25) is 0 Å². The first-order valence-electron chi connectivity index (χ1n) is 6.06. The maximum absolute atomic E-state index is 12.3. The van der Waals surface area contributed by atoms with Gasteiger partial charge in [0, 0.05) is 19.6 Å². The third-order valence-electron chi connectivity index (χ3n) is 2.92. The number of hydrogen-bond acceptors (Lipinski definition) is 3. The third kappa shape index (κ3) is 3.93. The molecule has 0 aromatic rings. The molecule has 1 saturated heterocycles. The van der Waals surface area contributed by atoms with Gasteiger partial charge in [0.25, 0.3) is 10.2 Å². The minimum absolute atomic E-state index is 0.0185. The van der Waals surface area contributed by atoms with Gasteiger partial charge in [0.1, 0.15) is 5.84 Å². The topological polar surface area (TPSA) is 90.5 Å². The second-order valence-corrected chi connectivity index (χ2v) is 6.20. The van der Waals surface area contributed by atoms with E-state index in [0.29, 0.717) is 19.6 Å². The number of likely N-dealkylation sites (N-methyl/N-ethyl adjacent to an activating group) is 1. The molecule has 1 aliphatic rings. The molecule has 6 nitrogen and oxygen atoms in total. The van der Waals surface area contributed by atoms with E-state index in [1.807, 2.05) is 0 Å². The lowest BCUT2D eigenvalue weighted by atomic mass is 10.2. The Kier molecular flexibility index (Phi) is 5.35. The van der Waals surface area contributed by atoms with E-state index >= 15 is 0 Å². The van der Waals surface area contributed by atoms with Crippen molar-refractivity contribution in [3.8, 4) is 0 Å². The first-order valence-corrected chi connectivity index (χ1v) is 7.46. The van der Waals surface area contributed by atoms with Crippen molar-refractivity contribution in [3.63, 3.8) is 0 Å². The van der Waals surface area contributed by atoms with Gasteiger partial charge in [-0.3, -0.25) is 5.41 Å². The average Bonchev–Trinajstić information content (AvgIpc) is 2.54. The summed E-state index contributed by atoms with van der Waals surface area (Å²) in [6.45, 7) is 3.25. The van der Waals surface area contributed by atoms with E-state index in [1.165, 1.54) is 8.61 Å². The maximum Gasteiger partial charge on any atom is 0.282 e. The van der Waals surface area contributed by atoms with E-state index in [1.54, 1.807) is 6.92 Å². The summed E-state index contributed by atoms with van der Waals surface area (Å²) < 4.78 is 27.4. The lowest BCUT2D eigenvalue weighted by Crippen LogP contribution is -2.47. The average molecular weight is 262 g/mol. The van der Waals surface area contributed by atoms with Gasteiger partial charge >= 0.3 is 0 Å². The summed E-state index contributed by atoms with van der Waals surface area (Å²) in [5, 5.41) is 7.22. The zero-order valence-electron chi connectivity index (χ0n) is 10.4. The van der Waals surface area contributed by atoms with Gasteiger partial charge in [-0.15, -0.1) is 0 Å². The van der Waals surface area contributed by atoms with E-state index in [9.17, 15) is 8.42 Å². The molecule has 0 saturated carbocycles. The number of nitrogens with two attached hydrogens (primary N) is 1. The van der Waals surface area contributed by atoms with Crippen LogP contribution in [0, 0.1) is 5.41 Å². The fourth-order valence-corrected chi connectivity index (χ4v) is 3.66. The van der Waals surface area contributed by atoms with Crippen molar-refractivity contribution in [1.29, 1.82) is 5.41 Å². The largest absolute Gasteiger partial charge is 0.387 e. The van der Waals surface area contributed by atoms with Crippen LogP contribution in [0.4, 0.5) is 0 Å². The molecule has 100 valence electrons. The Labute approximate surface area is 103 Å². The van der Waals surface area contributed by atoms with Gasteiger partial charge in [-0.1, -0.05) is 19.8 Å². The Morgan fingerprint density at radius 2 is 1.82 bits per heavy atom. The molecule has 0 aromatic heterocycles. The van der Waals surface area contributed by atoms with Crippen LogP contribution in [0.25, 0.3) is 0 Å². The SMILES string of the molecule is CCN(CC(=N)N)S(=O)(=O)N1CCCCCC1. The molecule has 0 bridgehead atoms. The molecule has 0 spiro atoms. The minimum atomic E-state index is -3.45. The minimum Gasteiger partial charge on any atom is -0.387 e. The Morgan fingerprint density at radius 1 is 1.29 bits per heavy atom. The smallest absolute Gasteiger partial charge is 0.282 e. The summed E-state index contributed by atoms with van der Waals surface area (Å²) in [5.74, 6) is -0.120. The number of hydrogen-bond donors (Lipinski definition) is 2. The van der Waals surface area contributed by atoms with Crippen molar-refractivity contribution in [2.24, 2.45) is 5.73 Å². The van der Waals surface area contributed by atoms with E-state index in [2.05, 4.69) is 0 Å². The number of nitrogens with one attached hydrogen (secondary N) is 1. The van der Waals surface area contributed by atoms with Crippen molar-refractivity contribution in [2.45, 2.75) is 32.6 Å². The highest BCUT2D eigenvalue weighted by Crippen LogP contribution is 2.16. The number of amidine groups is 1. The summed E-state index contributed by atoms with van der Waals surface area (Å²) in [7, 11) is -3.45. The van der Waals surface area contributed by atoms with Crippen LogP contribution in [-0.2, 0) is 10.2 Å². The molecule has 0 aliphatic carbocycles. The van der Waals surface area contributed by atoms with Crippen LogP contribution in [0.15, 0.2) is 0 Å².